The van der Waals surface area contributed by atoms with Gasteiger partial charge in [-0.3, -0.25) is 9.89 Å². The van der Waals surface area contributed by atoms with E-state index in [0.717, 1.165) is 27.7 Å². The molecule has 0 saturated carbocycles. The first-order chi connectivity index (χ1) is 15.4. The second-order valence-corrected chi connectivity index (χ2v) is 8.87. The number of H-pyrrole nitrogens is 1. The number of carbonyl (C=O) groups is 1. The van der Waals surface area contributed by atoms with Gasteiger partial charge in [0.2, 0.25) is 5.91 Å². The molecule has 3 aromatic rings. The fourth-order valence-electron chi connectivity index (χ4n) is 3.54. The van der Waals surface area contributed by atoms with E-state index in [1.807, 2.05) is 44.2 Å². The third-order valence-electron chi connectivity index (χ3n) is 5.16. The van der Waals surface area contributed by atoms with Crippen LogP contribution in [0, 0.1) is 13.8 Å². The Morgan fingerprint density at radius 1 is 1.19 bits per heavy atom. The SMILES string of the molecule is CC(=O)Nc1ccc(Sc2nc(Nc3cc(C)[nH]n3)c(C)c(N3CCC(F)CC3)n2)cc1. The number of aromatic nitrogens is 4. The summed E-state index contributed by atoms with van der Waals surface area (Å²) in [7, 11) is 0. The van der Waals surface area contributed by atoms with E-state index in [-0.39, 0.29) is 5.91 Å². The van der Waals surface area contributed by atoms with Crippen LogP contribution < -0.4 is 15.5 Å². The van der Waals surface area contributed by atoms with Gasteiger partial charge < -0.3 is 15.5 Å². The average Bonchev–Trinajstić information content (AvgIpc) is 3.16. The summed E-state index contributed by atoms with van der Waals surface area (Å²) in [4.78, 5) is 23.8. The molecule has 0 radical (unpaired) electrons. The van der Waals surface area contributed by atoms with Gasteiger partial charge in [0.1, 0.15) is 17.8 Å². The Hall–Kier alpha value is -3.14. The van der Waals surface area contributed by atoms with Gasteiger partial charge in [0.15, 0.2) is 11.0 Å². The Bertz CT molecular complexity index is 1090. The molecule has 1 fully saturated rings. The van der Waals surface area contributed by atoms with E-state index >= 15 is 0 Å². The second-order valence-electron chi connectivity index (χ2n) is 7.83. The minimum Gasteiger partial charge on any atom is -0.356 e. The van der Waals surface area contributed by atoms with Crippen molar-refractivity contribution in [2.75, 3.05) is 28.6 Å². The van der Waals surface area contributed by atoms with E-state index in [1.54, 1.807) is 0 Å². The molecular weight excluding hydrogens is 429 g/mol. The number of piperidine rings is 1. The van der Waals surface area contributed by atoms with Crippen molar-refractivity contribution in [1.82, 2.24) is 20.2 Å². The second kappa shape index (κ2) is 9.56. The van der Waals surface area contributed by atoms with Crippen LogP contribution in [-0.2, 0) is 4.79 Å². The maximum absolute atomic E-state index is 13.7. The lowest BCUT2D eigenvalue weighted by molar-refractivity contribution is -0.114. The van der Waals surface area contributed by atoms with Crippen molar-refractivity contribution >= 4 is 40.8 Å². The van der Waals surface area contributed by atoms with Crippen LogP contribution in [-0.4, -0.2) is 45.3 Å². The lowest BCUT2D eigenvalue weighted by atomic mass is 10.1. The number of hydrogen-bond donors (Lipinski definition) is 3. The first-order valence-corrected chi connectivity index (χ1v) is 11.3. The van der Waals surface area contributed by atoms with Crippen molar-refractivity contribution in [2.45, 2.75) is 49.8 Å². The summed E-state index contributed by atoms with van der Waals surface area (Å²) in [5, 5.41) is 13.8. The van der Waals surface area contributed by atoms with Crippen molar-refractivity contribution in [3.05, 3.63) is 41.6 Å². The van der Waals surface area contributed by atoms with E-state index in [4.69, 9.17) is 9.97 Å². The van der Waals surface area contributed by atoms with Crippen molar-refractivity contribution < 1.29 is 9.18 Å². The average molecular weight is 456 g/mol. The van der Waals surface area contributed by atoms with Crippen LogP contribution in [0.5, 0.6) is 0 Å². The number of alkyl halides is 1. The molecule has 1 amide bonds. The standard InChI is InChI=1S/C22H26FN7OS/c1-13-12-19(29-28-13)25-20-14(2)21(30-10-8-16(23)9-11-30)27-22(26-20)32-18-6-4-17(5-7-18)24-15(3)31/h4-7,12,16H,8-11H2,1-3H3,(H,24,31)(H2,25,26,27,28,29). The largest absolute Gasteiger partial charge is 0.356 e. The van der Waals surface area contributed by atoms with Gasteiger partial charge in [-0.2, -0.15) is 5.10 Å². The summed E-state index contributed by atoms with van der Waals surface area (Å²) >= 11 is 1.43. The molecule has 1 aliphatic rings. The zero-order valence-electron chi connectivity index (χ0n) is 18.3. The van der Waals surface area contributed by atoms with Gasteiger partial charge >= 0.3 is 0 Å². The maximum Gasteiger partial charge on any atom is 0.221 e. The van der Waals surface area contributed by atoms with Crippen molar-refractivity contribution in [3.8, 4) is 0 Å². The summed E-state index contributed by atoms with van der Waals surface area (Å²) in [6, 6.07) is 9.42. The third kappa shape index (κ3) is 5.37. The van der Waals surface area contributed by atoms with Crippen LogP contribution in [0.2, 0.25) is 0 Å². The molecule has 1 aromatic carbocycles. The lowest BCUT2D eigenvalue weighted by Crippen LogP contribution is -2.35. The molecule has 0 aliphatic carbocycles. The van der Waals surface area contributed by atoms with Gasteiger partial charge in [0, 0.05) is 47.9 Å². The van der Waals surface area contributed by atoms with E-state index in [9.17, 15) is 9.18 Å². The normalized spacial score (nSPS) is 14.4. The minimum absolute atomic E-state index is 0.113. The highest BCUT2D eigenvalue weighted by atomic mass is 32.2. The molecule has 3 heterocycles. The summed E-state index contributed by atoms with van der Waals surface area (Å²) < 4.78 is 13.7. The van der Waals surface area contributed by atoms with Gasteiger partial charge in [-0.05, 0) is 62.7 Å². The van der Waals surface area contributed by atoms with E-state index in [1.165, 1.54) is 18.7 Å². The van der Waals surface area contributed by atoms with Gasteiger partial charge in [-0.1, -0.05) is 0 Å². The summed E-state index contributed by atoms with van der Waals surface area (Å²) in [5.41, 5.74) is 2.57. The Morgan fingerprint density at radius 3 is 2.53 bits per heavy atom. The molecule has 4 rings (SSSR count). The van der Waals surface area contributed by atoms with Crippen LogP contribution in [0.3, 0.4) is 0 Å². The molecule has 8 nitrogen and oxygen atoms in total. The number of nitrogens with zero attached hydrogens (tertiary/aromatic N) is 4. The highest BCUT2D eigenvalue weighted by molar-refractivity contribution is 7.99. The molecule has 1 saturated heterocycles. The van der Waals surface area contributed by atoms with Gasteiger partial charge in [-0.15, -0.1) is 0 Å². The number of amides is 1. The number of aromatic amines is 1. The maximum atomic E-state index is 13.7. The fourth-order valence-corrected chi connectivity index (χ4v) is 4.29. The Labute approximate surface area is 190 Å². The Morgan fingerprint density at radius 2 is 1.91 bits per heavy atom. The van der Waals surface area contributed by atoms with Gasteiger partial charge in [0.25, 0.3) is 0 Å². The predicted molar refractivity (Wildman–Crippen MR) is 125 cm³/mol. The summed E-state index contributed by atoms with van der Waals surface area (Å²) in [6.07, 6.45) is 0.240. The van der Waals surface area contributed by atoms with Crippen LogP contribution in [0.15, 0.2) is 40.4 Å². The summed E-state index contributed by atoms with van der Waals surface area (Å²) in [6.45, 7) is 6.62. The molecule has 2 aromatic heterocycles. The Balaban J connectivity index is 1.63. The molecule has 0 spiro atoms. The third-order valence-corrected chi connectivity index (χ3v) is 6.03. The van der Waals surface area contributed by atoms with Gasteiger partial charge in [-0.25, -0.2) is 14.4 Å². The van der Waals surface area contributed by atoms with Crippen molar-refractivity contribution in [1.29, 1.82) is 0 Å². The topological polar surface area (TPSA) is 98.8 Å². The first-order valence-electron chi connectivity index (χ1n) is 10.5. The number of carbonyl (C=O) groups excluding carboxylic acids is 1. The number of halogens is 1. The number of nitrogens with one attached hydrogen (secondary N) is 3. The van der Waals surface area contributed by atoms with Crippen LogP contribution in [0.1, 0.15) is 31.0 Å². The molecular formula is C22H26FN7OS. The van der Waals surface area contributed by atoms with Crippen LogP contribution in [0.4, 0.5) is 27.5 Å². The highest BCUT2D eigenvalue weighted by Gasteiger charge is 2.23. The Kier molecular flexibility index (Phi) is 6.59. The molecule has 3 N–H and O–H groups in total. The fraction of sp³-hybridized carbons (Fsp3) is 0.364. The number of rotatable bonds is 6. The number of anilines is 4. The summed E-state index contributed by atoms with van der Waals surface area (Å²) in [5.74, 6) is 2.03. The number of aryl methyl sites for hydroxylation is 1. The predicted octanol–water partition coefficient (Wildman–Crippen LogP) is 4.61. The van der Waals surface area contributed by atoms with E-state index in [0.29, 0.717) is 42.7 Å². The molecule has 0 atom stereocenters. The van der Waals surface area contributed by atoms with E-state index < -0.39 is 6.17 Å². The number of benzene rings is 1. The first kappa shape index (κ1) is 22.1. The molecule has 0 unspecified atom stereocenters. The van der Waals surface area contributed by atoms with Crippen LogP contribution >= 0.6 is 11.8 Å². The monoisotopic (exact) mass is 455 g/mol. The zero-order valence-corrected chi connectivity index (χ0v) is 19.1. The highest BCUT2D eigenvalue weighted by Crippen LogP contribution is 2.33. The zero-order chi connectivity index (χ0) is 22.7. The molecule has 32 heavy (non-hydrogen) atoms. The van der Waals surface area contributed by atoms with Crippen molar-refractivity contribution in [2.24, 2.45) is 0 Å². The minimum atomic E-state index is -0.756. The lowest BCUT2D eigenvalue weighted by Gasteiger charge is -2.31. The smallest absolute Gasteiger partial charge is 0.221 e. The van der Waals surface area contributed by atoms with Crippen molar-refractivity contribution in [3.63, 3.8) is 0 Å². The number of hydrogen-bond acceptors (Lipinski definition) is 7. The van der Waals surface area contributed by atoms with Crippen LogP contribution in [0.25, 0.3) is 0 Å². The molecule has 1 aliphatic heterocycles. The van der Waals surface area contributed by atoms with E-state index in [2.05, 4.69) is 25.7 Å². The molecule has 0 bridgehead atoms. The quantitative estimate of drug-likeness (QED) is 0.467. The van der Waals surface area contributed by atoms with Gasteiger partial charge in [0.05, 0.1) is 0 Å². The molecule has 168 valence electrons. The molecule has 10 heteroatoms.